The van der Waals surface area contributed by atoms with Gasteiger partial charge in [-0.15, -0.1) is 0 Å². The maximum Gasteiger partial charge on any atom is 0.329 e. The number of hydrogen-bond acceptors (Lipinski definition) is 6. The van der Waals surface area contributed by atoms with E-state index in [2.05, 4.69) is 15.4 Å². The second-order valence-electron chi connectivity index (χ2n) is 4.07. The second-order valence-corrected chi connectivity index (χ2v) is 4.07. The van der Waals surface area contributed by atoms with Crippen LogP contribution in [0, 0.1) is 21.4 Å². The molecular weight excluding hydrogens is 260 g/mol. The highest BCUT2D eigenvalue weighted by atomic mass is 16.6. The van der Waals surface area contributed by atoms with Crippen molar-refractivity contribution in [3.63, 3.8) is 0 Å². The molecule has 2 aromatic rings. The normalized spacial score (nSPS) is 10.1. The van der Waals surface area contributed by atoms with E-state index in [1.54, 1.807) is 24.0 Å². The van der Waals surface area contributed by atoms with Gasteiger partial charge in [0, 0.05) is 19.4 Å². The van der Waals surface area contributed by atoms with Gasteiger partial charge in [-0.3, -0.25) is 14.8 Å². The van der Waals surface area contributed by atoms with E-state index in [0.717, 1.165) is 5.69 Å². The average Bonchev–Trinajstić information content (AvgIpc) is 2.78. The zero-order valence-corrected chi connectivity index (χ0v) is 11.0. The maximum atomic E-state index is 11.1. The summed E-state index contributed by atoms with van der Waals surface area (Å²) < 4.78 is 1.61. The lowest BCUT2D eigenvalue weighted by atomic mass is 10.2. The molecule has 0 unspecified atom stereocenters. The average molecular weight is 272 g/mol. The van der Waals surface area contributed by atoms with Crippen molar-refractivity contribution in [2.45, 2.75) is 13.3 Å². The van der Waals surface area contributed by atoms with E-state index in [9.17, 15) is 10.1 Å². The Bertz CT molecular complexity index is 700. The van der Waals surface area contributed by atoms with Crippen LogP contribution in [0.4, 0.5) is 17.2 Å². The zero-order valence-electron chi connectivity index (χ0n) is 11.0. The fourth-order valence-electron chi connectivity index (χ4n) is 1.85. The monoisotopic (exact) mass is 272 g/mol. The quantitative estimate of drug-likeness (QED) is 0.672. The highest BCUT2D eigenvalue weighted by Crippen LogP contribution is 2.29. The van der Waals surface area contributed by atoms with Crippen molar-refractivity contribution >= 4 is 17.2 Å². The van der Waals surface area contributed by atoms with Gasteiger partial charge >= 0.3 is 5.69 Å². The Morgan fingerprint density at radius 2 is 2.35 bits per heavy atom. The van der Waals surface area contributed by atoms with Gasteiger partial charge in [0.2, 0.25) is 5.82 Å². The van der Waals surface area contributed by atoms with Crippen LogP contribution in [0.2, 0.25) is 0 Å². The Morgan fingerprint density at radius 3 is 2.95 bits per heavy atom. The predicted octanol–water partition coefficient (Wildman–Crippen LogP) is 1.90. The summed E-state index contributed by atoms with van der Waals surface area (Å²) in [6, 6.07) is 3.11. The van der Waals surface area contributed by atoms with E-state index in [4.69, 9.17) is 5.26 Å². The first kappa shape index (κ1) is 13.5. The third-order valence-corrected chi connectivity index (χ3v) is 2.72. The molecule has 0 saturated heterocycles. The van der Waals surface area contributed by atoms with E-state index in [1.807, 2.05) is 6.92 Å². The van der Waals surface area contributed by atoms with Crippen LogP contribution in [0.5, 0.6) is 0 Å². The molecule has 2 heterocycles. The molecule has 8 nitrogen and oxygen atoms in total. The first-order valence-corrected chi connectivity index (χ1v) is 5.89. The van der Waals surface area contributed by atoms with E-state index >= 15 is 0 Å². The van der Waals surface area contributed by atoms with Gasteiger partial charge in [0.1, 0.15) is 11.6 Å². The highest BCUT2D eigenvalue weighted by molar-refractivity contribution is 5.70. The number of pyridine rings is 1. The minimum absolute atomic E-state index is 0.0329. The van der Waals surface area contributed by atoms with Gasteiger partial charge in [0.25, 0.3) is 0 Å². The number of aromatic nitrogens is 3. The first-order chi connectivity index (χ1) is 9.56. The summed E-state index contributed by atoms with van der Waals surface area (Å²) in [4.78, 5) is 14.4. The van der Waals surface area contributed by atoms with Crippen molar-refractivity contribution in [1.82, 2.24) is 14.8 Å². The summed E-state index contributed by atoms with van der Waals surface area (Å²) in [5.74, 6) is 0.0387. The molecule has 0 spiro atoms. The van der Waals surface area contributed by atoms with Crippen molar-refractivity contribution in [1.29, 1.82) is 5.26 Å². The molecule has 0 atom stereocenters. The molecule has 0 radical (unpaired) electrons. The molecule has 2 aromatic heterocycles. The van der Waals surface area contributed by atoms with Crippen LogP contribution in [-0.4, -0.2) is 19.7 Å². The van der Waals surface area contributed by atoms with Gasteiger partial charge < -0.3 is 5.32 Å². The standard InChI is InChI=1S/C12H12N6O2/c1-3-9-10(7-17(2)16-9)15-12-11(18(19)20)8(6-13)4-5-14-12/h4-5,7H,3H2,1-2H3,(H,14,15). The molecule has 0 bridgehead atoms. The van der Waals surface area contributed by atoms with Crippen molar-refractivity contribution in [2.24, 2.45) is 7.05 Å². The van der Waals surface area contributed by atoms with Crippen molar-refractivity contribution < 1.29 is 4.92 Å². The number of nitrogens with zero attached hydrogens (tertiary/aromatic N) is 5. The summed E-state index contributed by atoms with van der Waals surface area (Å²) in [7, 11) is 1.76. The topological polar surface area (TPSA) is 110 Å². The van der Waals surface area contributed by atoms with Crippen LogP contribution in [0.1, 0.15) is 18.2 Å². The fraction of sp³-hybridized carbons (Fsp3) is 0.250. The third-order valence-electron chi connectivity index (χ3n) is 2.72. The Balaban J connectivity index is 2.49. The molecule has 8 heteroatoms. The number of anilines is 2. The van der Waals surface area contributed by atoms with Crippen molar-refractivity contribution in [3.05, 3.63) is 39.8 Å². The molecule has 20 heavy (non-hydrogen) atoms. The van der Waals surface area contributed by atoms with E-state index < -0.39 is 4.92 Å². The summed E-state index contributed by atoms with van der Waals surface area (Å²) in [6.07, 6.45) is 3.74. The van der Waals surface area contributed by atoms with E-state index in [1.165, 1.54) is 12.3 Å². The van der Waals surface area contributed by atoms with Crippen LogP contribution in [0.15, 0.2) is 18.5 Å². The molecule has 2 rings (SSSR count). The fourth-order valence-corrected chi connectivity index (χ4v) is 1.85. The third kappa shape index (κ3) is 2.42. The van der Waals surface area contributed by atoms with Crippen LogP contribution < -0.4 is 5.32 Å². The minimum atomic E-state index is -0.615. The minimum Gasteiger partial charge on any atom is -0.332 e. The Kier molecular flexibility index (Phi) is 3.61. The van der Waals surface area contributed by atoms with Crippen LogP contribution >= 0.6 is 0 Å². The van der Waals surface area contributed by atoms with Gasteiger partial charge in [-0.25, -0.2) is 4.98 Å². The van der Waals surface area contributed by atoms with E-state index in [-0.39, 0.29) is 17.1 Å². The number of hydrogen-bond donors (Lipinski definition) is 1. The Hall–Kier alpha value is -2.95. The number of nitro groups is 1. The largest absolute Gasteiger partial charge is 0.332 e. The SMILES string of the molecule is CCc1nn(C)cc1Nc1nccc(C#N)c1[N+](=O)[O-]. The lowest BCUT2D eigenvalue weighted by molar-refractivity contribution is -0.384. The van der Waals surface area contributed by atoms with Gasteiger partial charge in [-0.2, -0.15) is 10.4 Å². The molecule has 0 aliphatic rings. The van der Waals surface area contributed by atoms with Crippen LogP contribution in [0.25, 0.3) is 0 Å². The van der Waals surface area contributed by atoms with Crippen LogP contribution in [0.3, 0.4) is 0 Å². The molecule has 102 valence electrons. The van der Waals surface area contributed by atoms with Crippen LogP contribution in [-0.2, 0) is 13.5 Å². The first-order valence-electron chi connectivity index (χ1n) is 5.89. The summed E-state index contributed by atoms with van der Waals surface area (Å²) in [6.45, 7) is 1.93. The van der Waals surface area contributed by atoms with Crippen molar-refractivity contribution in [3.8, 4) is 6.07 Å². The zero-order chi connectivity index (χ0) is 14.7. The Morgan fingerprint density at radius 1 is 1.60 bits per heavy atom. The summed E-state index contributed by atoms with van der Waals surface area (Å²) >= 11 is 0. The lowest BCUT2D eigenvalue weighted by Gasteiger charge is -2.05. The highest BCUT2D eigenvalue weighted by Gasteiger charge is 2.22. The molecule has 0 amide bonds. The molecule has 0 saturated carbocycles. The number of nitriles is 1. The molecule has 0 aliphatic heterocycles. The number of nitrogens with one attached hydrogen (secondary N) is 1. The maximum absolute atomic E-state index is 11.1. The van der Waals surface area contributed by atoms with Gasteiger partial charge in [0.05, 0.1) is 16.3 Å². The molecule has 0 aliphatic carbocycles. The molecule has 0 fully saturated rings. The lowest BCUT2D eigenvalue weighted by Crippen LogP contribution is -2.02. The van der Waals surface area contributed by atoms with Gasteiger partial charge in [-0.05, 0) is 12.5 Å². The molecule has 0 aromatic carbocycles. The second kappa shape index (κ2) is 5.36. The smallest absolute Gasteiger partial charge is 0.329 e. The Labute approximate surface area is 114 Å². The number of aryl methyl sites for hydroxylation is 2. The van der Waals surface area contributed by atoms with Gasteiger partial charge in [0.15, 0.2) is 0 Å². The van der Waals surface area contributed by atoms with Gasteiger partial charge in [-0.1, -0.05) is 6.92 Å². The predicted molar refractivity (Wildman–Crippen MR) is 71.5 cm³/mol. The summed E-state index contributed by atoms with van der Waals surface area (Å²) in [5.41, 5.74) is 1.04. The molecule has 1 N–H and O–H groups in total. The van der Waals surface area contributed by atoms with Crippen molar-refractivity contribution in [2.75, 3.05) is 5.32 Å². The molecular formula is C12H12N6O2. The summed E-state index contributed by atoms with van der Waals surface area (Å²) in [5, 5.41) is 27.2. The van der Waals surface area contributed by atoms with E-state index in [0.29, 0.717) is 12.1 Å². The number of rotatable bonds is 4.